The highest BCUT2D eigenvalue weighted by Crippen LogP contribution is 2.10. The van der Waals surface area contributed by atoms with Gasteiger partial charge in [-0.3, -0.25) is 0 Å². The minimum atomic E-state index is 0.687. The maximum atomic E-state index is 5.61. The van der Waals surface area contributed by atoms with Gasteiger partial charge in [0.2, 0.25) is 11.8 Å². The second-order valence-corrected chi connectivity index (χ2v) is 4.36. The van der Waals surface area contributed by atoms with Gasteiger partial charge in [-0.05, 0) is 19.0 Å². The molecule has 4 nitrogen and oxygen atoms in total. The number of nitrogens with one attached hydrogen (secondary N) is 1. The molecule has 0 aliphatic carbocycles. The molecule has 0 amide bonds. The van der Waals surface area contributed by atoms with E-state index in [0.29, 0.717) is 18.2 Å². The van der Waals surface area contributed by atoms with Gasteiger partial charge >= 0.3 is 0 Å². The van der Waals surface area contributed by atoms with Crippen molar-refractivity contribution in [2.45, 2.75) is 26.7 Å². The zero-order chi connectivity index (χ0) is 12.8. The average Bonchev–Trinajstić information content (AvgIpc) is 2.77. The number of benzene rings is 1. The average molecular weight is 245 g/mol. The van der Waals surface area contributed by atoms with E-state index in [1.54, 1.807) is 0 Å². The van der Waals surface area contributed by atoms with Crippen LogP contribution in [0.1, 0.15) is 29.8 Å². The molecule has 0 saturated carbocycles. The van der Waals surface area contributed by atoms with E-state index < -0.39 is 0 Å². The summed E-state index contributed by atoms with van der Waals surface area (Å²) in [6.45, 7) is 6.00. The summed E-state index contributed by atoms with van der Waals surface area (Å²) in [5.41, 5.74) is 2.45. The van der Waals surface area contributed by atoms with Gasteiger partial charge in [0, 0.05) is 13.0 Å². The van der Waals surface area contributed by atoms with Crippen LogP contribution >= 0.6 is 0 Å². The van der Waals surface area contributed by atoms with E-state index in [-0.39, 0.29) is 0 Å². The number of hydrogen-bond donors (Lipinski definition) is 1. The first-order valence-electron chi connectivity index (χ1n) is 6.35. The Morgan fingerprint density at radius 1 is 1.22 bits per heavy atom. The van der Waals surface area contributed by atoms with E-state index in [4.69, 9.17) is 4.42 Å². The van der Waals surface area contributed by atoms with Crippen LogP contribution < -0.4 is 5.32 Å². The molecular formula is C14H19N3O. The maximum absolute atomic E-state index is 5.61. The fraction of sp³-hybridized carbons (Fsp3) is 0.429. The topological polar surface area (TPSA) is 51.0 Å². The van der Waals surface area contributed by atoms with E-state index in [1.807, 2.05) is 6.07 Å². The Kier molecular flexibility index (Phi) is 4.47. The lowest BCUT2D eigenvalue weighted by molar-refractivity contribution is 0.452. The van der Waals surface area contributed by atoms with Crippen molar-refractivity contribution in [3.8, 4) is 0 Å². The molecule has 2 aromatic rings. The smallest absolute Gasteiger partial charge is 0.220 e. The second-order valence-electron chi connectivity index (χ2n) is 4.36. The van der Waals surface area contributed by atoms with Gasteiger partial charge in [-0.15, -0.1) is 10.2 Å². The van der Waals surface area contributed by atoms with Crippen LogP contribution in [0.4, 0.5) is 0 Å². The summed E-state index contributed by atoms with van der Waals surface area (Å²) in [4.78, 5) is 0. The number of aryl methyl sites for hydroxylation is 1. The summed E-state index contributed by atoms with van der Waals surface area (Å²) in [6, 6.07) is 8.35. The summed E-state index contributed by atoms with van der Waals surface area (Å²) >= 11 is 0. The molecule has 0 spiro atoms. The molecule has 18 heavy (non-hydrogen) atoms. The zero-order valence-corrected chi connectivity index (χ0v) is 10.9. The van der Waals surface area contributed by atoms with Crippen molar-refractivity contribution >= 4 is 0 Å². The van der Waals surface area contributed by atoms with Crippen molar-refractivity contribution in [1.29, 1.82) is 0 Å². The summed E-state index contributed by atoms with van der Waals surface area (Å²) < 4.78 is 5.61. The van der Waals surface area contributed by atoms with Gasteiger partial charge in [-0.1, -0.05) is 36.8 Å². The zero-order valence-electron chi connectivity index (χ0n) is 10.9. The number of rotatable bonds is 6. The summed E-state index contributed by atoms with van der Waals surface area (Å²) in [5, 5.41) is 11.4. The molecule has 0 bridgehead atoms. The van der Waals surface area contributed by atoms with Gasteiger partial charge in [0.05, 0.1) is 6.42 Å². The Morgan fingerprint density at radius 3 is 2.83 bits per heavy atom. The molecule has 0 aliphatic rings. The molecule has 0 fully saturated rings. The Morgan fingerprint density at radius 2 is 2.06 bits per heavy atom. The van der Waals surface area contributed by atoms with Crippen LogP contribution in [0.15, 0.2) is 28.7 Å². The normalized spacial score (nSPS) is 10.8. The molecule has 0 atom stereocenters. The van der Waals surface area contributed by atoms with Gasteiger partial charge < -0.3 is 9.73 Å². The Balaban J connectivity index is 1.94. The van der Waals surface area contributed by atoms with Crippen LogP contribution in [-0.4, -0.2) is 23.3 Å². The highest BCUT2D eigenvalue weighted by atomic mass is 16.4. The first-order chi connectivity index (χ1) is 8.78. The first-order valence-corrected chi connectivity index (χ1v) is 6.35. The minimum Gasteiger partial charge on any atom is -0.425 e. The van der Waals surface area contributed by atoms with Gasteiger partial charge in [-0.2, -0.15) is 0 Å². The van der Waals surface area contributed by atoms with E-state index >= 15 is 0 Å². The van der Waals surface area contributed by atoms with Crippen molar-refractivity contribution in [3.63, 3.8) is 0 Å². The molecule has 1 aromatic heterocycles. The largest absolute Gasteiger partial charge is 0.425 e. The lowest BCUT2D eigenvalue weighted by Crippen LogP contribution is -2.16. The monoisotopic (exact) mass is 245 g/mol. The van der Waals surface area contributed by atoms with Crippen molar-refractivity contribution in [2.24, 2.45) is 0 Å². The fourth-order valence-corrected chi connectivity index (χ4v) is 1.83. The molecule has 0 saturated heterocycles. The minimum absolute atomic E-state index is 0.687. The summed E-state index contributed by atoms with van der Waals surface area (Å²) in [5.74, 6) is 1.39. The Labute approximate surface area is 107 Å². The molecule has 96 valence electrons. The fourth-order valence-electron chi connectivity index (χ4n) is 1.83. The van der Waals surface area contributed by atoms with Gasteiger partial charge in [0.25, 0.3) is 0 Å². The number of nitrogens with zero attached hydrogens (tertiary/aromatic N) is 2. The molecule has 4 heteroatoms. The quantitative estimate of drug-likeness (QED) is 0.792. The summed E-state index contributed by atoms with van der Waals surface area (Å²) in [6.07, 6.45) is 1.49. The van der Waals surface area contributed by atoms with Gasteiger partial charge in [0.1, 0.15) is 0 Å². The van der Waals surface area contributed by atoms with Gasteiger partial charge in [-0.25, -0.2) is 0 Å². The van der Waals surface area contributed by atoms with E-state index in [9.17, 15) is 0 Å². The third-order valence-corrected chi connectivity index (χ3v) is 2.71. The van der Waals surface area contributed by atoms with Crippen LogP contribution in [0.3, 0.4) is 0 Å². The predicted octanol–water partition coefficient (Wildman–Crippen LogP) is 2.12. The SMILES string of the molecule is CCNCCc1nnc(Cc2cccc(C)c2)o1. The van der Waals surface area contributed by atoms with Crippen LogP contribution in [0.2, 0.25) is 0 Å². The van der Waals surface area contributed by atoms with Crippen LogP contribution in [0.25, 0.3) is 0 Å². The molecule has 0 unspecified atom stereocenters. The highest BCUT2D eigenvalue weighted by Gasteiger charge is 2.06. The molecule has 1 heterocycles. The van der Waals surface area contributed by atoms with Crippen LogP contribution in [0.5, 0.6) is 0 Å². The van der Waals surface area contributed by atoms with Crippen LogP contribution in [-0.2, 0) is 12.8 Å². The maximum Gasteiger partial charge on any atom is 0.220 e. The lowest BCUT2D eigenvalue weighted by atomic mass is 10.1. The number of aromatic nitrogens is 2. The van der Waals surface area contributed by atoms with Gasteiger partial charge in [0.15, 0.2) is 0 Å². The molecule has 2 rings (SSSR count). The van der Waals surface area contributed by atoms with E-state index in [2.05, 4.69) is 47.6 Å². The first kappa shape index (κ1) is 12.8. The number of hydrogen-bond acceptors (Lipinski definition) is 4. The standard InChI is InChI=1S/C14H19N3O/c1-3-15-8-7-13-16-17-14(18-13)10-12-6-4-5-11(2)9-12/h4-6,9,15H,3,7-8,10H2,1-2H3. The van der Waals surface area contributed by atoms with Crippen molar-refractivity contribution < 1.29 is 4.42 Å². The molecule has 0 radical (unpaired) electrons. The Bertz CT molecular complexity index is 493. The van der Waals surface area contributed by atoms with Crippen molar-refractivity contribution in [2.75, 3.05) is 13.1 Å². The molecule has 1 aromatic carbocycles. The third-order valence-electron chi connectivity index (χ3n) is 2.71. The molecule has 1 N–H and O–H groups in total. The van der Waals surface area contributed by atoms with E-state index in [0.717, 1.165) is 19.5 Å². The second kappa shape index (κ2) is 6.31. The Hall–Kier alpha value is -1.68. The predicted molar refractivity (Wildman–Crippen MR) is 70.5 cm³/mol. The number of likely N-dealkylation sites (N-methyl/N-ethyl adjacent to an activating group) is 1. The summed E-state index contributed by atoms with van der Waals surface area (Å²) in [7, 11) is 0. The molecular weight excluding hydrogens is 226 g/mol. The lowest BCUT2D eigenvalue weighted by Gasteiger charge is -1.98. The van der Waals surface area contributed by atoms with E-state index in [1.165, 1.54) is 11.1 Å². The third kappa shape index (κ3) is 3.67. The molecule has 0 aliphatic heterocycles. The van der Waals surface area contributed by atoms with Crippen molar-refractivity contribution in [3.05, 3.63) is 47.2 Å². The van der Waals surface area contributed by atoms with Crippen molar-refractivity contribution in [1.82, 2.24) is 15.5 Å². The highest BCUT2D eigenvalue weighted by molar-refractivity contribution is 5.24. The van der Waals surface area contributed by atoms with Crippen LogP contribution in [0, 0.1) is 6.92 Å².